The van der Waals surface area contributed by atoms with Gasteiger partial charge < -0.3 is 10.2 Å². The predicted octanol–water partition coefficient (Wildman–Crippen LogP) is 2.12. The van der Waals surface area contributed by atoms with Crippen molar-refractivity contribution in [3.05, 3.63) is 23.7 Å². The molecule has 1 unspecified atom stereocenters. The van der Waals surface area contributed by atoms with Gasteiger partial charge in [0, 0.05) is 11.8 Å². The van der Waals surface area contributed by atoms with Crippen LogP contribution in [-0.2, 0) is 4.79 Å². The molecule has 0 aromatic rings. The van der Waals surface area contributed by atoms with Crippen molar-refractivity contribution in [3.63, 3.8) is 0 Å². The normalized spacial score (nSPS) is 22.5. The molecular formula is C10H14O3. The minimum atomic E-state index is -0.282. The molecule has 0 aromatic carbocycles. The van der Waals surface area contributed by atoms with Gasteiger partial charge in [-0.1, -0.05) is 13.8 Å². The number of ketones is 1. The van der Waals surface area contributed by atoms with E-state index in [1.54, 1.807) is 0 Å². The molecule has 13 heavy (non-hydrogen) atoms. The summed E-state index contributed by atoms with van der Waals surface area (Å²) < 4.78 is 0. The van der Waals surface area contributed by atoms with Crippen LogP contribution in [0.4, 0.5) is 0 Å². The molecule has 3 heteroatoms. The number of allylic oxidation sites excluding steroid dienone is 2. The van der Waals surface area contributed by atoms with Crippen LogP contribution >= 0.6 is 0 Å². The second-order valence-electron chi connectivity index (χ2n) is 3.54. The highest BCUT2D eigenvalue weighted by molar-refractivity contribution is 5.85. The van der Waals surface area contributed by atoms with Crippen LogP contribution < -0.4 is 0 Å². The average molecular weight is 182 g/mol. The number of aliphatic hydroxyl groups is 2. The van der Waals surface area contributed by atoms with Crippen LogP contribution in [0.3, 0.4) is 0 Å². The number of hydrogen-bond donors (Lipinski definition) is 2. The van der Waals surface area contributed by atoms with Gasteiger partial charge in [0.2, 0.25) is 0 Å². The molecule has 0 radical (unpaired) electrons. The summed E-state index contributed by atoms with van der Waals surface area (Å²) in [5.41, 5.74) is 0. The Morgan fingerprint density at radius 2 is 2.08 bits per heavy atom. The Morgan fingerprint density at radius 3 is 2.54 bits per heavy atom. The second kappa shape index (κ2) is 3.64. The molecule has 0 saturated heterocycles. The maximum absolute atomic E-state index is 11.5. The molecule has 0 bridgehead atoms. The Kier molecular flexibility index (Phi) is 2.76. The Bertz CT molecular complexity index is 274. The molecule has 0 fully saturated rings. The van der Waals surface area contributed by atoms with E-state index in [2.05, 4.69) is 0 Å². The van der Waals surface area contributed by atoms with E-state index in [4.69, 9.17) is 10.2 Å². The molecule has 72 valence electrons. The van der Waals surface area contributed by atoms with Gasteiger partial charge in [-0.3, -0.25) is 4.79 Å². The number of aliphatic hydroxyl groups excluding tert-OH is 2. The van der Waals surface area contributed by atoms with E-state index < -0.39 is 0 Å². The van der Waals surface area contributed by atoms with E-state index in [0.29, 0.717) is 6.42 Å². The van der Waals surface area contributed by atoms with Gasteiger partial charge in [-0.05, 0) is 18.6 Å². The van der Waals surface area contributed by atoms with Crippen molar-refractivity contribution < 1.29 is 15.0 Å². The fourth-order valence-corrected chi connectivity index (χ4v) is 1.31. The van der Waals surface area contributed by atoms with Crippen LogP contribution in [0.2, 0.25) is 0 Å². The van der Waals surface area contributed by atoms with E-state index in [1.807, 2.05) is 13.8 Å². The molecule has 0 amide bonds. The fraction of sp³-hybridized carbons (Fsp3) is 0.500. The average Bonchev–Trinajstić information content (AvgIpc) is 2.08. The summed E-state index contributed by atoms with van der Waals surface area (Å²) in [6.45, 7) is 3.65. The zero-order chi connectivity index (χ0) is 10.0. The number of Topliss-reactive ketones (excluding diaryl/α,β-unsaturated/α-hetero) is 1. The van der Waals surface area contributed by atoms with Crippen LogP contribution in [0.5, 0.6) is 0 Å². The Balaban J connectivity index is 2.74. The summed E-state index contributed by atoms with van der Waals surface area (Å²) in [5.74, 6) is -0.549. The predicted molar refractivity (Wildman–Crippen MR) is 49.4 cm³/mol. The lowest BCUT2D eigenvalue weighted by Crippen LogP contribution is -2.20. The lowest BCUT2D eigenvalue weighted by atomic mass is 9.89. The second-order valence-corrected chi connectivity index (χ2v) is 3.54. The van der Waals surface area contributed by atoms with Crippen LogP contribution in [0.1, 0.15) is 20.3 Å². The van der Waals surface area contributed by atoms with E-state index in [0.717, 1.165) is 0 Å². The van der Waals surface area contributed by atoms with Gasteiger partial charge in [0.1, 0.15) is 5.78 Å². The molecular weight excluding hydrogens is 168 g/mol. The van der Waals surface area contributed by atoms with Crippen LogP contribution in [0, 0.1) is 11.8 Å². The smallest absolute Gasteiger partial charge is 0.153 e. The maximum Gasteiger partial charge on any atom is 0.153 e. The van der Waals surface area contributed by atoms with Crippen molar-refractivity contribution in [1.29, 1.82) is 0 Å². The largest absolute Gasteiger partial charge is 0.504 e. The first kappa shape index (κ1) is 9.84. The van der Waals surface area contributed by atoms with Gasteiger partial charge in [-0.25, -0.2) is 0 Å². The topological polar surface area (TPSA) is 57.5 Å². The van der Waals surface area contributed by atoms with Crippen LogP contribution in [-0.4, -0.2) is 16.0 Å². The van der Waals surface area contributed by atoms with Crippen molar-refractivity contribution in [1.82, 2.24) is 0 Å². The molecule has 1 rings (SSSR count). The number of hydrogen-bond acceptors (Lipinski definition) is 3. The van der Waals surface area contributed by atoms with Gasteiger partial charge in [-0.15, -0.1) is 0 Å². The van der Waals surface area contributed by atoms with Gasteiger partial charge >= 0.3 is 0 Å². The molecule has 0 aliphatic heterocycles. The van der Waals surface area contributed by atoms with Crippen LogP contribution in [0.15, 0.2) is 23.7 Å². The molecule has 0 aromatic heterocycles. The summed E-state index contributed by atoms with van der Waals surface area (Å²) >= 11 is 0. The van der Waals surface area contributed by atoms with Crippen molar-refractivity contribution in [2.75, 3.05) is 0 Å². The number of carbonyl (C=O) groups excluding carboxylic acids is 1. The minimum Gasteiger partial charge on any atom is -0.504 e. The standard InChI is InChI=1S/C10H14O3/c1-6(2)10(13)7-3-4-8(11)9(12)5-7/h4-7,11-12H,3H2,1-2H3. The lowest BCUT2D eigenvalue weighted by molar-refractivity contribution is -0.124. The summed E-state index contributed by atoms with van der Waals surface area (Å²) in [6, 6.07) is 0. The zero-order valence-electron chi connectivity index (χ0n) is 7.82. The molecule has 3 nitrogen and oxygen atoms in total. The van der Waals surface area contributed by atoms with Crippen LogP contribution in [0.25, 0.3) is 0 Å². The fourth-order valence-electron chi connectivity index (χ4n) is 1.31. The van der Waals surface area contributed by atoms with E-state index >= 15 is 0 Å². The molecule has 0 spiro atoms. The maximum atomic E-state index is 11.5. The highest BCUT2D eigenvalue weighted by Gasteiger charge is 2.22. The Morgan fingerprint density at radius 1 is 1.46 bits per heavy atom. The number of rotatable bonds is 2. The highest BCUT2D eigenvalue weighted by Crippen LogP contribution is 2.22. The summed E-state index contributed by atoms with van der Waals surface area (Å²) in [5, 5.41) is 18.2. The SMILES string of the molecule is CC(C)C(=O)C1C=C(O)C(O)=CC1. The molecule has 0 heterocycles. The lowest BCUT2D eigenvalue weighted by Gasteiger charge is -2.16. The first-order valence-electron chi connectivity index (χ1n) is 4.36. The first-order chi connectivity index (χ1) is 6.02. The summed E-state index contributed by atoms with van der Waals surface area (Å²) in [4.78, 5) is 11.5. The molecule has 1 aliphatic carbocycles. The minimum absolute atomic E-state index is 0.0392. The van der Waals surface area contributed by atoms with Gasteiger partial charge in [0.25, 0.3) is 0 Å². The van der Waals surface area contributed by atoms with Crippen molar-refractivity contribution >= 4 is 5.78 Å². The molecule has 1 aliphatic rings. The van der Waals surface area contributed by atoms with Gasteiger partial charge in [0.15, 0.2) is 11.5 Å². The quantitative estimate of drug-likeness (QED) is 0.687. The zero-order valence-corrected chi connectivity index (χ0v) is 7.82. The van der Waals surface area contributed by atoms with Crippen molar-refractivity contribution in [2.45, 2.75) is 20.3 Å². The Hall–Kier alpha value is -1.25. The highest BCUT2D eigenvalue weighted by atomic mass is 16.3. The third-order valence-corrected chi connectivity index (χ3v) is 2.12. The van der Waals surface area contributed by atoms with Crippen molar-refractivity contribution in [2.24, 2.45) is 11.8 Å². The summed E-state index contributed by atoms with van der Waals surface area (Å²) in [7, 11) is 0. The van der Waals surface area contributed by atoms with E-state index in [9.17, 15) is 4.79 Å². The van der Waals surface area contributed by atoms with E-state index in [-0.39, 0.29) is 29.1 Å². The van der Waals surface area contributed by atoms with Gasteiger partial charge in [-0.2, -0.15) is 0 Å². The number of carbonyl (C=O) groups is 1. The third-order valence-electron chi connectivity index (χ3n) is 2.12. The third kappa shape index (κ3) is 2.11. The molecule has 2 N–H and O–H groups in total. The summed E-state index contributed by atoms with van der Waals surface area (Å²) in [6.07, 6.45) is 3.37. The Labute approximate surface area is 77.4 Å². The van der Waals surface area contributed by atoms with E-state index in [1.165, 1.54) is 12.2 Å². The van der Waals surface area contributed by atoms with Gasteiger partial charge in [0.05, 0.1) is 0 Å². The molecule has 1 atom stereocenters. The molecule has 0 saturated carbocycles. The monoisotopic (exact) mass is 182 g/mol. The van der Waals surface area contributed by atoms with Crippen molar-refractivity contribution in [3.8, 4) is 0 Å². The first-order valence-corrected chi connectivity index (χ1v) is 4.36.